The quantitative estimate of drug-likeness (QED) is 0.500. The van der Waals surface area contributed by atoms with Crippen LogP contribution in [0.3, 0.4) is 0 Å². The highest BCUT2D eigenvalue weighted by Crippen LogP contribution is 2.03. The van der Waals surface area contributed by atoms with Crippen LogP contribution in [0.2, 0.25) is 0 Å². The van der Waals surface area contributed by atoms with Gasteiger partial charge in [0.05, 0.1) is 0 Å². The molecule has 0 radical (unpaired) electrons. The van der Waals surface area contributed by atoms with E-state index in [0.29, 0.717) is 13.0 Å². The Balaban J connectivity index is 4.19. The molecule has 0 rings (SSSR count). The molecule has 0 fully saturated rings. The highest BCUT2D eigenvalue weighted by molar-refractivity contribution is 5.86. The molecule has 0 aromatic rings. The molecule has 0 aliphatic carbocycles. The van der Waals surface area contributed by atoms with E-state index in [1.165, 1.54) is 0 Å². The number of urea groups is 1. The Morgan fingerprint density at radius 2 is 1.88 bits per heavy atom. The minimum Gasteiger partial charge on any atom is -0.396 e. The van der Waals surface area contributed by atoms with Crippen LogP contribution in [0.5, 0.6) is 0 Å². The van der Waals surface area contributed by atoms with Crippen molar-refractivity contribution in [3.63, 3.8) is 0 Å². The van der Waals surface area contributed by atoms with Gasteiger partial charge < -0.3 is 21.5 Å². The summed E-state index contributed by atoms with van der Waals surface area (Å²) in [6, 6.07) is -1.32. The molecule has 6 heteroatoms. The second-order valence-corrected chi connectivity index (χ2v) is 4.59. The number of amides is 3. The lowest BCUT2D eigenvalue weighted by Gasteiger charge is -2.21. The molecule has 0 aromatic carbocycles. The van der Waals surface area contributed by atoms with Gasteiger partial charge >= 0.3 is 6.03 Å². The molecule has 6 nitrogen and oxygen atoms in total. The number of hydrogen-bond acceptors (Lipinski definition) is 3. The smallest absolute Gasteiger partial charge is 0.312 e. The van der Waals surface area contributed by atoms with Gasteiger partial charge in [-0.1, -0.05) is 20.8 Å². The molecule has 0 saturated carbocycles. The summed E-state index contributed by atoms with van der Waals surface area (Å²) in [5, 5.41) is 13.9. The maximum absolute atomic E-state index is 11.8. The van der Waals surface area contributed by atoms with Crippen molar-refractivity contribution >= 4 is 11.9 Å². The predicted molar refractivity (Wildman–Crippen MR) is 65.2 cm³/mol. The van der Waals surface area contributed by atoms with Crippen molar-refractivity contribution in [3.05, 3.63) is 0 Å². The van der Waals surface area contributed by atoms with Gasteiger partial charge in [0, 0.05) is 13.2 Å². The average Bonchev–Trinajstić information content (AvgIpc) is 2.22. The number of hydrogen-bond donors (Lipinski definition) is 4. The fraction of sp³-hybridized carbons (Fsp3) is 0.818. The van der Waals surface area contributed by atoms with Gasteiger partial charge in [0.25, 0.3) is 0 Å². The second-order valence-electron chi connectivity index (χ2n) is 4.59. The van der Waals surface area contributed by atoms with Gasteiger partial charge in [-0.05, 0) is 18.3 Å². The summed E-state index contributed by atoms with van der Waals surface area (Å²) in [5.74, 6) is -0.0791. The van der Waals surface area contributed by atoms with Crippen LogP contribution in [0.4, 0.5) is 4.79 Å². The van der Waals surface area contributed by atoms with Gasteiger partial charge in [-0.15, -0.1) is 0 Å². The summed E-state index contributed by atoms with van der Waals surface area (Å²) in [4.78, 5) is 22.5. The van der Waals surface area contributed by atoms with E-state index in [2.05, 4.69) is 10.6 Å². The first kappa shape index (κ1) is 15.7. The molecule has 17 heavy (non-hydrogen) atoms. The topological polar surface area (TPSA) is 104 Å². The summed E-state index contributed by atoms with van der Waals surface area (Å²) in [5.41, 5.74) is 5.01. The molecule has 0 aromatic heterocycles. The summed E-state index contributed by atoms with van der Waals surface area (Å²) in [7, 11) is 0. The van der Waals surface area contributed by atoms with Crippen LogP contribution >= 0.6 is 0 Å². The zero-order valence-corrected chi connectivity index (χ0v) is 10.7. The molecule has 0 bridgehead atoms. The maximum atomic E-state index is 11.8. The van der Waals surface area contributed by atoms with Crippen molar-refractivity contribution in [1.29, 1.82) is 0 Å². The molecule has 0 aliphatic rings. The number of primary amides is 1. The number of aliphatic hydroxyl groups is 1. The highest BCUT2D eigenvalue weighted by atomic mass is 16.3. The third-order valence-corrected chi connectivity index (χ3v) is 2.49. The Hall–Kier alpha value is -1.30. The van der Waals surface area contributed by atoms with Gasteiger partial charge in [0.1, 0.15) is 6.04 Å². The fourth-order valence-corrected chi connectivity index (χ4v) is 1.40. The first-order valence-corrected chi connectivity index (χ1v) is 5.83. The Morgan fingerprint density at radius 1 is 1.29 bits per heavy atom. The number of nitrogens with one attached hydrogen (secondary N) is 2. The van der Waals surface area contributed by atoms with E-state index in [0.717, 1.165) is 0 Å². The van der Waals surface area contributed by atoms with E-state index in [-0.39, 0.29) is 24.3 Å². The minimum absolute atomic E-state index is 0.0318. The Labute approximate surface area is 102 Å². The van der Waals surface area contributed by atoms with Crippen molar-refractivity contribution < 1.29 is 14.7 Å². The van der Waals surface area contributed by atoms with Gasteiger partial charge in [0.2, 0.25) is 5.91 Å². The van der Waals surface area contributed by atoms with E-state index < -0.39 is 12.1 Å². The van der Waals surface area contributed by atoms with E-state index >= 15 is 0 Å². The molecule has 0 saturated heterocycles. The number of nitrogens with two attached hydrogens (primary N) is 1. The average molecular weight is 245 g/mol. The maximum Gasteiger partial charge on any atom is 0.312 e. The van der Waals surface area contributed by atoms with Crippen molar-refractivity contribution in [3.8, 4) is 0 Å². The minimum atomic E-state index is -0.706. The van der Waals surface area contributed by atoms with E-state index in [1.807, 2.05) is 20.8 Å². The molecule has 0 spiro atoms. The van der Waals surface area contributed by atoms with Gasteiger partial charge in [-0.25, -0.2) is 4.79 Å². The SMILES string of the molecule is CC(CCO)CNC(=O)C(NC(N)=O)C(C)C. The zero-order valence-electron chi connectivity index (χ0n) is 10.7. The largest absolute Gasteiger partial charge is 0.396 e. The molecular weight excluding hydrogens is 222 g/mol. The van der Waals surface area contributed by atoms with Crippen molar-refractivity contribution in [2.75, 3.05) is 13.2 Å². The Bertz CT molecular complexity index is 256. The molecular formula is C11H23N3O3. The summed E-state index contributed by atoms with van der Waals surface area (Å²) >= 11 is 0. The molecule has 0 heterocycles. The third kappa shape index (κ3) is 6.78. The molecule has 0 aliphatic heterocycles. The van der Waals surface area contributed by atoms with Gasteiger partial charge in [-0.2, -0.15) is 0 Å². The standard InChI is InChI=1S/C11H23N3O3/c1-7(2)9(14-11(12)17)10(16)13-6-8(3)4-5-15/h7-9,15H,4-6H2,1-3H3,(H,13,16)(H3,12,14,17). The zero-order chi connectivity index (χ0) is 13.4. The van der Waals surface area contributed by atoms with Crippen molar-refractivity contribution in [2.45, 2.75) is 33.2 Å². The van der Waals surface area contributed by atoms with Gasteiger partial charge in [-0.3, -0.25) is 4.79 Å². The Morgan fingerprint density at radius 3 is 2.29 bits per heavy atom. The fourth-order valence-electron chi connectivity index (χ4n) is 1.40. The van der Waals surface area contributed by atoms with E-state index in [4.69, 9.17) is 10.8 Å². The second kappa shape index (κ2) is 7.89. The summed E-state index contributed by atoms with van der Waals surface area (Å²) in [6.07, 6.45) is 0.635. The number of rotatable bonds is 7. The van der Waals surface area contributed by atoms with Crippen molar-refractivity contribution in [1.82, 2.24) is 10.6 Å². The van der Waals surface area contributed by atoms with Gasteiger partial charge in [0.15, 0.2) is 0 Å². The lowest BCUT2D eigenvalue weighted by molar-refractivity contribution is -0.124. The lowest BCUT2D eigenvalue weighted by atomic mass is 10.0. The molecule has 2 atom stereocenters. The van der Waals surface area contributed by atoms with Crippen LogP contribution in [0, 0.1) is 11.8 Å². The van der Waals surface area contributed by atoms with E-state index in [9.17, 15) is 9.59 Å². The normalized spacial score (nSPS) is 14.2. The lowest BCUT2D eigenvalue weighted by Crippen LogP contribution is -2.51. The number of aliphatic hydroxyl groups excluding tert-OH is 1. The van der Waals surface area contributed by atoms with Crippen LogP contribution in [0.1, 0.15) is 27.2 Å². The highest BCUT2D eigenvalue weighted by Gasteiger charge is 2.23. The van der Waals surface area contributed by atoms with Crippen LogP contribution in [0.15, 0.2) is 0 Å². The predicted octanol–water partition coefficient (Wildman–Crippen LogP) is -0.186. The molecule has 3 amide bonds. The third-order valence-electron chi connectivity index (χ3n) is 2.49. The first-order chi connectivity index (χ1) is 7.88. The molecule has 2 unspecified atom stereocenters. The number of carbonyl (C=O) groups is 2. The van der Waals surface area contributed by atoms with Crippen LogP contribution in [-0.4, -0.2) is 36.2 Å². The van der Waals surface area contributed by atoms with Crippen molar-refractivity contribution in [2.24, 2.45) is 17.6 Å². The first-order valence-electron chi connectivity index (χ1n) is 5.83. The summed E-state index contributed by atoms with van der Waals surface area (Å²) in [6.45, 7) is 6.17. The van der Waals surface area contributed by atoms with Crippen LogP contribution in [-0.2, 0) is 4.79 Å². The van der Waals surface area contributed by atoms with Crippen LogP contribution in [0.25, 0.3) is 0 Å². The van der Waals surface area contributed by atoms with E-state index in [1.54, 1.807) is 0 Å². The molecule has 5 N–H and O–H groups in total. The number of carbonyl (C=O) groups excluding carboxylic acids is 2. The Kier molecular flexibility index (Phi) is 7.29. The van der Waals surface area contributed by atoms with Crippen LogP contribution < -0.4 is 16.4 Å². The monoisotopic (exact) mass is 245 g/mol. The molecule has 100 valence electrons. The summed E-state index contributed by atoms with van der Waals surface area (Å²) < 4.78 is 0.